The fourth-order valence-corrected chi connectivity index (χ4v) is 4.11. The van der Waals surface area contributed by atoms with E-state index >= 15 is 0 Å². The number of hydroxylamine groups is 2. The first-order chi connectivity index (χ1) is 9.31. The van der Waals surface area contributed by atoms with Crippen molar-refractivity contribution in [3.05, 3.63) is 35.9 Å². The lowest BCUT2D eigenvalue weighted by atomic mass is 9.71. The largest absolute Gasteiger partial charge is 0.372 e. The van der Waals surface area contributed by atoms with Gasteiger partial charge in [0.2, 0.25) is 0 Å². The summed E-state index contributed by atoms with van der Waals surface area (Å²) in [5.74, 6) is 1.44. The Morgan fingerprint density at radius 3 is 2.89 bits per heavy atom. The average molecular weight is 259 g/mol. The quantitative estimate of drug-likeness (QED) is 0.833. The molecule has 3 nitrogen and oxygen atoms in total. The highest BCUT2D eigenvalue weighted by Crippen LogP contribution is 2.47. The molecule has 0 spiro atoms. The third-order valence-electron chi connectivity index (χ3n) is 4.97. The fraction of sp³-hybridized carbons (Fsp3) is 0.625. The molecule has 0 aromatic heterocycles. The number of hydrogen-bond acceptors (Lipinski definition) is 3. The maximum absolute atomic E-state index is 6.21. The topological polar surface area (TPSA) is 21.7 Å². The number of hydrogen-bond donors (Lipinski definition) is 0. The lowest BCUT2D eigenvalue weighted by molar-refractivity contribution is -0.210. The first-order valence-corrected chi connectivity index (χ1v) is 7.40. The third kappa shape index (κ3) is 2.00. The summed E-state index contributed by atoms with van der Waals surface area (Å²) in [5.41, 5.74) is 1.26. The van der Waals surface area contributed by atoms with Crippen molar-refractivity contribution in [3.8, 4) is 0 Å². The zero-order valence-electron chi connectivity index (χ0n) is 11.4. The molecule has 5 rings (SSSR count). The van der Waals surface area contributed by atoms with Crippen LogP contribution >= 0.6 is 0 Å². The summed E-state index contributed by atoms with van der Waals surface area (Å²) < 4.78 is 6.21. The molecule has 3 saturated heterocycles. The van der Waals surface area contributed by atoms with E-state index in [2.05, 4.69) is 36.3 Å². The van der Waals surface area contributed by atoms with E-state index in [-0.39, 0.29) is 0 Å². The van der Waals surface area contributed by atoms with Gasteiger partial charge in [-0.25, -0.2) is 0 Å². The second-order valence-electron chi connectivity index (χ2n) is 6.24. The molecule has 3 aliphatic heterocycles. The number of fused-ring (bicyclic) bond motifs is 1. The number of benzene rings is 1. The smallest absolute Gasteiger partial charge is 0.0810 e. The van der Waals surface area contributed by atoms with E-state index < -0.39 is 0 Å². The highest BCUT2D eigenvalue weighted by atomic mass is 16.7. The van der Waals surface area contributed by atoms with E-state index in [0.29, 0.717) is 24.2 Å². The molecule has 1 unspecified atom stereocenters. The van der Waals surface area contributed by atoms with Gasteiger partial charge in [-0.05, 0) is 31.2 Å². The van der Waals surface area contributed by atoms with Gasteiger partial charge < -0.3 is 4.74 Å². The Balaban J connectivity index is 1.45. The van der Waals surface area contributed by atoms with Crippen LogP contribution < -0.4 is 0 Å². The monoisotopic (exact) mass is 259 g/mol. The Morgan fingerprint density at radius 1 is 1.26 bits per heavy atom. The second-order valence-corrected chi connectivity index (χ2v) is 6.24. The molecule has 4 bridgehead atoms. The van der Waals surface area contributed by atoms with Gasteiger partial charge in [-0.2, -0.15) is 5.06 Å². The lowest BCUT2D eigenvalue weighted by Crippen LogP contribution is -2.56. The molecule has 0 amide bonds. The number of piperidine rings is 2. The standard InChI is InChI=1S/C16H21NO2/c1-11-14-7-13-8-15(16(14)17(9-13)19-11)18-10-12-5-3-2-4-6-12/h2-6,11,13-16H,7-10H2,1H3/t11-,13-,14-,15+,16+/m1/s1. The van der Waals surface area contributed by atoms with Crippen molar-refractivity contribution in [1.29, 1.82) is 0 Å². The first-order valence-electron chi connectivity index (χ1n) is 7.40. The average Bonchev–Trinajstić information content (AvgIpc) is 2.68. The summed E-state index contributed by atoms with van der Waals surface area (Å²) >= 11 is 0. The summed E-state index contributed by atoms with van der Waals surface area (Å²) in [4.78, 5) is 5.95. The normalized spacial score (nSPS) is 43.6. The predicted molar refractivity (Wildman–Crippen MR) is 72.3 cm³/mol. The summed E-state index contributed by atoms with van der Waals surface area (Å²) in [7, 11) is 0. The van der Waals surface area contributed by atoms with Gasteiger partial charge in [-0.3, -0.25) is 4.84 Å². The van der Waals surface area contributed by atoms with Crippen LogP contribution in [0.3, 0.4) is 0 Å². The molecule has 3 heterocycles. The van der Waals surface area contributed by atoms with Crippen molar-refractivity contribution in [1.82, 2.24) is 5.06 Å². The van der Waals surface area contributed by atoms with Gasteiger partial charge in [0.1, 0.15) is 0 Å². The lowest BCUT2D eigenvalue weighted by Gasteiger charge is -2.46. The highest BCUT2D eigenvalue weighted by molar-refractivity contribution is 5.13. The molecule has 0 N–H and O–H groups in total. The Bertz CT molecular complexity index is 447. The first kappa shape index (κ1) is 11.9. The Hall–Kier alpha value is -0.900. The van der Waals surface area contributed by atoms with Gasteiger partial charge in [0.15, 0.2) is 0 Å². The molecule has 1 aromatic rings. The van der Waals surface area contributed by atoms with Crippen LogP contribution in [0.25, 0.3) is 0 Å². The van der Waals surface area contributed by atoms with Crippen LogP contribution in [0.1, 0.15) is 25.3 Å². The van der Waals surface area contributed by atoms with Crippen molar-refractivity contribution < 1.29 is 9.57 Å². The molecule has 6 atom stereocenters. The second kappa shape index (κ2) is 4.58. The van der Waals surface area contributed by atoms with E-state index in [0.717, 1.165) is 19.1 Å². The van der Waals surface area contributed by atoms with Gasteiger partial charge >= 0.3 is 0 Å². The third-order valence-corrected chi connectivity index (χ3v) is 4.97. The number of rotatable bonds is 3. The van der Waals surface area contributed by atoms with Crippen LogP contribution in [0.5, 0.6) is 0 Å². The van der Waals surface area contributed by atoms with Crippen molar-refractivity contribution in [2.75, 3.05) is 6.54 Å². The van der Waals surface area contributed by atoms with Crippen LogP contribution in [-0.2, 0) is 16.2 Å². The van der Waals surface area contributed by atoms with Gasteiger partial charge in [-0.1, -0.05) is 30.3 Å². The van der Waals surface area contributed by atoms with Crippen molar-refractivity contribution in [3.63, 3.8) is 0 Å². The van der Waals surface area contributed by atoms with Crippen molar-refractivity contribution in [2.24, 2.45) is 11.8 Å². The molecule has 102 valence electrons. The van der Waals surface area contributed by atoms with Crippen LogP contribution in [0.15, 0.2) is 30.3 Å². The van der Waals surface area contributed by atoms with Gasteiger partial charge in [-0.15, -0.1) is 0 Å². The van der Waals surface area contributed by atoms with E-state index in [9.17, 15) is 0 Å². The minimum atomic E-state index is 0.350. The van der Waals surface area contributed by atoms with E-state index in [4.69, 9.17) is 9.57 Å². The molecular weight excluding hydrogens is 238 g/mol. The van der Waals surface area contributed by atoms with E-state index in [1.165, 1.54) is 18.4 Å². The van der Waals surface area contributed by atoms with Crippen LogP contribution in [-0.4, -0.2) is 29.9 Å². The van der Waals surface area contributed by atoms with Crippen molar-refractivity contribution >= 4 is 0 Å². The summed E-state index contributed by atoms with van der Waals surface area (Å²) in [6.45, 7) is 4.04. The number of nitrogens with zero attached hydrogens (tertiary/aromatic N) is 1. The SMILES string of the molecule is C[C@H]1ON2C[C@@H]3C[C@H]1[C@H]2[C@@H](OCc1ccccc1)C3. The van der Waals surface area contributed by atoms with Crippen LogP contribution in [0.4, 0.5) is 0 Å². The highest BCUT2D eigenvalue weighted by Gasteiger charge is 2.54. The van der Waals surface area contributed by atoms with E-state index in [1.807, 2.05) is 6.07 Å². The fourth-order valence-electron chi connectivity index (χ4n) is 4.11. The van der Waals surface area contributed by atoms with Crippen molar-refractivity contribution in [2.45, 2.75) is 44.6 Å². The summed E-state index contributed by atoms with van der Waals surface area (Å²) in [5, 5.41) is 2.21. The van der Waals surface area contributed by atoms with Gasteiger partial charge in [0.05, 0.1) is 24.9 Å². The Labute approximate surface area is 114 Å². The molecule has 1 saturated carbocycles. The number of ether oxygens (including phenoxy) is 1. The molecule has 19 heavy (non-hydrogen) atoms. The van der Waals surface area contributed by atoms with Crippen LogP contribution in [0, 0.1) is 11.8 Å². The molecule has 4 fully saturated rings. The predicted octanol–water partition coefficient (Wildman–Crippen LogP) is 2.62. The molecular formula is C16H21NO2. The molecule has 3 heteroatoms. The Kier molecular flexibility index (Phi) is 2.87. The maximum atomic E-state index is 6.21. The minimum absolute atomic E-state index is 0.350. The van der Waals surface area contributed by atoms with E-state index in [1.54, 1.807) is 0 Å². The maximum Gasteiger partial charge on any atom is 0.0810 e. The zero-order chi connectivity index (χ0) is 12.8. The molecule has 1 aromatic carbocycles. The van der Waals surface area contributed by atoms with Gasteiger partial charge in [0.25, 0.3) is 0 Å². The zero-order valence-corrected chi connectivity index (χ0v) is 11.4. The van der Waals surface area contributed by atoms with Crippen LogP contribution in [0.2, 0.25) is 0 Å². The minimum Gasteiger partial charge on any atom is -0.372 e. The molecule has 0 radical (unpaired) electrons. The molecule has 1 aliphatic carbocycles. The molecule has 4 aliphatic rings. The Morgan fingerprint density at radius 2 is 2.11 bits per heavy atom. The summed E-state index contributed by atoms with van der Waals surface area (Å²) in [6.07, 6.45) is 3.26. The summed E-state index contributed by atoms with van der Waals surface area (Å²) in [6, 6.07) is 11.0. The van der Waals surface area contributed by atoms with Gasteiger partial charge in [0, 0.05) is 12.5 Å².